The Kier molecular flexibility index (Phi) is 20.9. The maximum atomic E-state index is 10.1. The molecule has 0 saturated carbocycles. The molecule has 0 aliphatic heterocycles. The number of nitrogens with two attached hydrogens (primary N) is 2. The smallest absolute Gasteiger partial charge is 0.303 e. The predicted molar refractivity (Wildman–Crippen MR) is 88.2 cm³/mol. The standard InChI is InChI=1S/C9H18O2.C7H18N2O/c1-2-3-4-5-6-7-8-9(10)11;8-5-1-3-7(9)4-2-6-10/h2-8H2,1H3,(H,10,11);7,10H,1-6,8-9H2. The van der Waals surface area contributed by atoms with Gasteiger partial charge in [-0.2, -0.15) is 0 Å². The van der Waals surface area contributed by atoms with Gasteiger partial charge in [0, 0.05) is 19.1 Å². The Balaban J connectivity index is 0. The Hall–Kier alpha value is -0.650. The van der Waals surface area contributed by atoms with E-state index in [1.807, 2.05) is 0 Å². The molecule has 5 heteroatoms. The van der Waals surface area contributed by atoms with Crippen LogP contribution in [0.2, 0.25) is 0 Å². The number of hydrogen-bond donors (Lipinski definition) is 4. The Morgan fingerprint density at radius 2 is 1.57 bits per heavy atom. The van der Waals surface area contributed by atoms with Crippen molar-refractivity contribution in [2.75, 3.05) is 13.2 Å². The Morgan fingerprint density at radius 3 is 2.10 bits per heavy atom. The molecule has 6 N–H and O–H groups in total. The fraction of sp³-hybridized carbons (Fsp3) is 0.938. The van der Waals surface area contributed by atoms with Crippen molar-refractivity contribution in [3.8, 4) is 0 Å². The van der Waals surface area contributed by atoms with E-state index in [0.29, 0.717) is 13.0 Å². The van der Waals surface area contributed by atoms with Crippen LogP contribution in [0.3, 0.4) is 0 Å². The number of carboxylic acid groups (broad SMARTS) is 1. The highest BCUT2D eigenvalue weighted by atomic mass is 16.4. The molecule has 128 valence electrons. The number of aliphatic hydroxyl groups is 1. The highest BCUT2D eigenvalue weighted by molar-refractivity contribution is 5.66. The Bertz CT molecular complexity index is 206. The van der Waals surface area contributed by atoms with Crippen LogP contribution in [0, 0.1) is 0 Å². The molecule has 0 radical (unpaired) electrons. The quantitative estimate of drug-likeness (QED) is 0.391. The molecule has 0 aromatic rings. The number of rotatable bonds is 13. The zero-order chi connectivity index (χ0) is 16.3. The average Bonchev–Trinajstić information content (AvgIpc) is 2.47. The monoisotopic (exact) mass is 304 g/mol. The van der Waals surface area contributed by atoms with Gasteiger partial charge in [0.05, 0.1) is 0 Å². The van der Waals surface area contributed by atoms with Crippen LogP contribution in [0.5, 0.6) is 0 Å². The number of carboxylic acids is 1. The number of hydrogen-bond acceptors (Lipinski definition) is 4. The molecule has 0 aliphatic rings. The summed E-state index contributed by atoms with van der Waals surface area (Å²) in [5, 5.41) is 16.8. The Labute approximate surface area is 130 Å². The third-order valence-electron chi connectivity index (χ3n) is 3.26. The third-order valence-corrected chi connectivity index (χ3v) is 3.26. The van der Waals surface area contributed by atoms with Crippen molar-refractivity contribution in [1.82, 2.24) is 0 Å². The van der Waals surface area contributed by atoms with Crippen LogP contribution in [0.1, 0.15) is 77.6 Å². The third kappa shape index (κ3) is 24.7. The number of aliphatic carboxylic acids is 1. The van der Waals surface area contributed by atoms with E-state index in [1.54, 1.807) is 0 Å². The van der Waals surface area contributed by atoms with Crippen LogP contribution in [0.25, 0.3) is 0 Å². The zero-order valence-corrected chi connectivity index (χ0v) is 13.7. The molecule has 5 nitrogen and oxygen atoms in total. The molecule has 1 atom stereocenters. The minimum atomic E-state index is -0.666. The molecule has 0 heterocycles. The summed E-state index contributed by atoms with van der Waals surface area (Å²) in [6, 6.07) is 0.232. The van der Waals surface area contributed by atoms with Gasteiger partial charge in [0.1, 0.15) is 0 Å². The molecular formula is C16H36N2O3. The highest BCUT2D eigenvalue weighted by Crippen LogP contribution is 2.06. The second-order valence-corrected chi connectivity index (χ2v) is 5.47. The number of unbranched alkanes of at least 4 members (excludes halogenated alkanes) is 5. The van der Waals surface area contributed by atoms with Gasteiger partial charge in [-0.25, -0.2) is 0 Å². The first-order chi connectivity index (χ1) is 10.1. The molecule has 0 fully saturated rings. The normalized spacial score (nSPS) is 11.6. The SMILES string of the molecule is CCCCCCCCC(=O)O.NCCCC(N)CCCO. The van der Waals surface area contributed by atoms with Crippen molar-refractivity contribution in [1.29, 1.82) is 0 Å². The van der Waals surface area contributed by atoms with E-state index in [9.17, 15) is 4.79 Å². The van der Waals surface area contributed by atoms with Gasteiger partial charge in [0.25, 0.3) is 0 Å². The summed E-state index contributed by atoms with van der Waals surface area (Å²) in [6.45, 7) is 3.14. The molecule has 0 aromatic heterocycles. The molecule has 0 amide bonds. The summed E-state index contributed by atoms with van der Waals surface area (Å²) in [5.74, 6) is -0.666. The second-order valence-electron chi connectivity index (χ2n) is 5.47. The van der Waals surface area contributed by atoms with Crippen LogP contribution < -0.4 is 11.5 Å². The van der Waals surface area contributed by atoms with Crippen LogP contribution in [0.15, 0.2) is 0 Å². The summed E-state index contributed by atoms with van der Waals surface area (Å²) in [4.78, 5) is 10.1. The van der Waals surface area contributed by atoms with Crippen LogP contribution in [-0.4, -0.2) is 35.4 Å². The van der Waals surface area contributed by atoms with Gasteiger partial charge in [-0.05, 0) is 38.6 Å². The second kappa shape index (κ2) is 19.4. The van der Waals surface area contributed by atoms with E-state index in [1.165, 1.54) is 25.7 Å². The molecule has 0 saturated heterocycles. The van der Waals surface area contributed by atoms with E-state index in [4.69, 9.17) is 21.7 Å². The summed E-state index contributed by atoms with van der Waals surface area (Å²) in [6.07, 6.45) is 11.0. The van der Waals surface area contributed by atoms with Crippen molar-refractivity contribution in [2.45, 2.75) is 83.6 Å². The predicted octanol–water partition coefficient (Wildman–Crippen LogP) is 2.65. The molecule has 0 rings (SSSR count). The van der Waals surface area contributed by atoms with Gasteiger partial charge < -0.3 is 21.7 Å². The highest BCUT2D eigenvalue weighted by Gasteiger charge is 1.99. The van der Waals surface area contributed by atoms with Crippen molar-refractivity contribution in [2.24, 2.45) is 11.5 Å². The lowest BCUT2D eigenvalue weighted by molar-refractivity contribution is -0.137. The summed E-state index contributed by atoms with van der Waals surface area (Å²) in [5.41, 5.74) is 11.0. The van der Waals surface area contributed by atoms with Gasteiger partial charge >= 0.3 is 5.97 Å². The van der Waals surface area contributed by atoms with Gasteiger partial charge in [0.15, 0.2) is 0 Å². The molecule has 0 bridgehead atoms. The van der Waals surface area contributed by atoms with E-state index in [0.717, 1.165) is 38.5 Å². The number of aliphatic hydroxyl groups excluding tert-OH is 1. The van der Waals surface area contributed by atoms with Crippen LogP contribution >= 0.6 is 0 Å². The maximum absolute atomic E-state index is 10.1. The molecular weight excluding hydrogens is 268 g/mol. The van der Waals surface area contributed by atoms with Crippen molar-refractivity contribution < 1.29 is 15.0 Å². The van der Waals surface area contributed by atoms with Crippen molar-refractivity contribution in [3.05, 3.63) is 0 Å². The minimum absolute atomic E-state index is 0.232. The van der Waals surface area contributed by atoms with Crippen LogP contribution in [-0.2, 0) is 4.79 Å². The molecule has 1 unspecified atom stereocenters. The van der Waals surface area contributed by atoms with Crippen molar-refractivity contribution in [3.63, 3.8) is 0 Å². The first-order valence-electron chi connectivity index (χ1n) is 8.36. The largest absolute Gasteiger partial charge is 0.481 e. The first-order valence-corrected chi connectivity index (χ1v) is 8.36. The van der Waals surface area contributed by atoms with E-state index in [-0.39, 0.29) is 12.6 Å². The minimum Gasteiger partial charge on any atom is -0.481 e. The summed E-state index contributed by atoms with van der Waals surface area (Å²) >= 11 is 0. The van der Waals surface area contributed by atoms with Gasteiger partial charge in [-0.15, -0.1) is 0 Å². The number of carbonyl (C=O) groups is 1. The zero-order valence-electron chi connectivity index (χ0n) is 13.7. The van der Waals surface area contributed by atoms with Crippen molar-refractivity contribution >= 4 is 5.97 Å². The maximum Gasteiger partial charge on any atom is 0.303 e. The van der Waals surface area contributed by atoms with E-state index >= 15 is 0 Å². The molecule has 21 heavy (non-hydrogen) atoms. The summed E-state index contributed by atoms with van der Waals surface area (Å²) < 4.78 is 0. The molecule has 0 spiro atoms. The van der Waals surface area contributed by atoms with Gasteiger partial charge in [-0.3, -0.25) is 4.79 Å². The lowest BCUT2D eigenvalue weighted by Crippen LogP contribution is -2.21. The fourth-order valence-electron chi connectivity index (χ4n) is 1.93. The van der Waals surface area contributed by atoms with Gasteiger partial charge in [-0.1, -0.05) is 39.0 Å². The first kappa shape index (κ1) is 22.6. The summed E-state index contributed by atoms with van der Waals surface area (Å²) in [7, 11) is 0. The lowest BCUT2D eigenvalue weighted by atomic mass is 10.1. The van der Waals surface area contributed by atoms with E-state index < -0.39 is 5.97 Å². The fourth-order valence-corrected chi connectivity index (χ4v) is 1.93. The van der Waals surface area contributed by atoms with E-state index in [2.05, 4.69) is 6.92 Å². The topological polar surface area (TPSA) is 110 Å². The Morgan fingerprint density at radius 1 is 1.00 bits per heavy atom. The lowest BCUT2D eigenvalue weighted by Gasteiger charge is -2.08. The molecule has 0 aliphatic carbocycles. The molecule has 0 aromatic carbocycles. The van der Waals surface area contributed by atoms with Gasteiger partial charge in [0.2, 0.25) is 0 Å². The van der Waals surface area contributed by atoms with Crippen LogP contribution in [0.4, 0.5) is 0 Å². The average molecular weight is 304 g/mol.